The van der Waals surface area contributed by atoms with E-state index in [2.05, 4.69) is 16.3 Å². The van der Waals surface area contributed by atoms with Gasteiger partial charge in [-0.3, -0.25) is 0 Å². The molecule has 0 fully saturated rings. The van der Waals surface area contributed by atoms with Crippen molar-refractivity contribution in [2.45, 2.75) is 20.3 Å². The van der Waals surface area contributed by atoms with Gasteiger partial charge < -0.3 is 0 Å². The summed E-state index contributed by atoms with van der Waals surface area (Å²) in [7, 11) is 0. The molecule has 0 bridgehead atoms. The number of aromatic nitrogens is 2. The minimum absolute atomic E-state index is 0.304. The van der Waals surface area contributed by atoms with Gasteiger partial charge in [0.1, 0.15) is 0 Å². The first-order chi connectivity index (χ1) is 4.75. The van der Waals surface area contributed by atoms with E-state index in [-0.39, 0.29) is 5.82 Å². The molecule has 0 spiro atoms. The summed E-state index contributed by atoms with van der Waals surface area (Å²) in [6.07, 6.45) is 2.97. The molecule has 3 heteroatoms. The predicted octanol–water partition coefficient (Wildman–Crippen LogP) is 1.29. The van der Waals surface area contributed by atoms with Gasteiger partial charge in [-0.05, 0) is 13.3 Å². The Kier molecular flexibility index (Phi) is 1.94. The Hall–Kier alpha value is -0.990. The van der Waals surface area contributed by atoms with Gasteiger partial charge in [0.15, 0.2) is 12.1 Å². The normalized spacial score (nSPS) is 9.90. The quantitative estimate of drug-likeness (QED) is 0.585. The second kappa shape index (κ2) is 2.73. The Morgan fingerprint density at radius 1 is 1.50 bits per heavy atom. The fourth-order valence-corrected chi connectivity index (χ4v) is 0.702. The molecule has 0 aromatic carbocycles. The highest BCUT2D eigenvalue weighted by Crippen LogP contribution is 2.05. The fraction of sp³-hybridized carbons (Fsp3) is 0.429. The lowest BCUT2D eigenvalue weighted by molar-refractivity contribution is 0.581. The molecule has 0 N–H and O–H groups in total. The zero-order valence-electron chi connectivity index (χ0n) is 5.98. The highest BCUT2D eigenvalue weighted by Gasteiger charge is 2.03. The van der Waals surface area contributed by atoms with Crippen molar-refractivity contribution in [1.82, 2.24) is 9.97 Å². The van der Waals surface area contributed by atoms with E-state index in [1.807, 2.05) is 6.92 Å². The van der Waals surface area contributed by atoms with Gasteiger partial charge in [0.25, 0.3) is 0 Å². The third kappa shape index (κ3) is 1.12. The number of rotatable bonds is 1. The maximum atomic E-state index is 12.9. The maximum absolute atomic E-state index is 12.9. The predicted molar refractivity (Wildman–Crippen MR) is 34.9 cm³/mol. The van der Waals surface area contributed by atoms with Crippen LogP contribution in [0.25, 0.3) is 0 Å². The smallest absolute Gasteiger partial charge is 0.198 e. The van der Waals surface area contributed by atoms with Crippen LogP contribution in [0, 0.1) is 19.1 Å². The van der Waals surface area contributed by atoms with Gasteiger partial charge >= 0.3 is 0 Å². The van der Waals surface area contributed by atoms with Crippen molar-refractivity contribution in [3.63, 3.8) is 0 Å². The van der Waals surface area contributed by atoms with Gasteiger partial charge in [0.2, 0.25) is 0 Å². The van der Waals surface area contributed by atoms with Crippen molar-refractivity contribution >= 4 is 0 Å². The first-order valence-corrected chi connectivity index (χ1v) is 3.14. The fourth-order valence-electron chi connectivity index (χ4n) is 0.702. The van der Waals surface area contributed by atoms with Crippen molar-refractivity contribution in [3.8, 4) is 0 Å². The van der Waals surface area contributed by atoms with Crippen molar-refractivity contribution in [2.24, 2.45) is 0 Å². The topological polar surface area (TPSA) is 25.8 Å². The molecule has 53 valence electrons. The van der Waals surface area contributed by atoms with Gasteiger partial charge in [-0.25, -0.2) is 14.4 Å². The van der Waals surface area contributed by atoms with E-state index in [1.165, 1.54) is 0 Å². The average Bonchev–Trinajstić information content (AvgIpc) is 1.95. The first kappa shape index (κ1) is 7.12. The Labute approximate surface area is 59.1 Å². The molecule has 1 aromatic heterocycles. The molecular weight excluding hydrogens is 131 g/mol. The summed E-state index contributed by atoms with van der Waals surface area (Å²) in [5, 5.41) is 0. The number of hydrogen-bond acceptors (Lipinski definition) is 2. The van der Waals surface area contributed by atoms with Crippen LogP contribution in [-0.2, 0) is 6.42 Å². The highest BCUT2D eigenvalue weighted by molar-refractivity contribution is 5.09. The van der Waals surface area contributed by atoms with Crippen LogP contribution in [-0.4, -0.2) is 9.97 Å². The second-order valence-electron chi connectivity index (χ2n) is 2.02. The summed E-state index contributed by atoms with van der Waals surface area (Å²) < 4.78 is 12.9. The van der Waals surface area contributed by atoms with Crippen LogP contribution in [0.2, 0.25) is 0 Å². The summed E-state index contributed by atoms with van der Waals surface area (Å²) in [6.45, 7) is 3.45. The Bertz CT molecular complexity index is 235. The molecule has 1 heterocycles. The standard InChI is InChI=1S/C7H8FN2/c1-3-6-7(8)5(2)9-4-10-6/h3H2,1-2H3. The van der Waals surface area contributed by atoms with Crippen LogP contribution in [0.1, 0.15) is 18.3 Å². The van der Waals surface area contributed by atoms with Crippen LogP contribution in [0.4, 0.5) is 4.39 Å². The molecule has 0 amide bonds. The monoisotopic (exact) mass is 139 g/mol. The SMILES string of the molecule is CCc1n[c]nc(C)c1F. The molecule has 1 aromatic rings. The van der Waals surface area contributed by atoms with E-state index in [4.69, 9.17) is 0 Å². The Balaban J connectivity index is 3.14. The minimum atomic E-state index is -0.304. The molecule has 0 aliphatic rings. The van der Waals surface area contributed by atoms with Crippen molar-refractivity contribution in [3.05, 3.63) is 23.5 Å². The molecule has 0 atom stereocenters. The second-order valence-corrected chi connectivity index (χ2v) is 2.02. The molecule has 0 saturated heterocycles. The summed E-state index contributed by atoms with van der Waals surface area (Å²) in [6, 6.07) is 0. The van der Waals surface area contributed by atoms with E-state index in [1.54, 1.807) is 6.92 Å². The molecule has 1 rings (SSSR count). The van der Waals surface area contributed by atoms with Crippen molar-refractivity contribution in [1.29, 1.82) is 0 Å². The number of halogens is 1. The van der Waals surface area contributed by atoms with Crippen LogP contribution in [0.5, 0.6) is 0 Å². The summed E-state index contributed by atoms with van der Waals surface area (Å²) >= 11 is 0. The van der Waals surface area contributed by atoms with E-state index in [9.17, 15) is 4.39 Å². The molecule has 1 radical (unpaired) electrons. The number of hydrogen-bond donors (Lipinski definition) is 0. The number of aryl methyl sites for hydroxylation is 2. The van der Waals surface area contributed by atoms with Crippen LogP contribution in [0.15, 0.2) is 0 Å². The summed E-state index contributed by atoms with van der Waals surface area (Å²) in [5.41, 5.74) is 0.805. The Morgan fingerprint density at radius 2 is 2.20 bits per heavy atom. The molecule has 2 nitrogen and oxygen atoms in total. The lowest BCUT2D eigenvalue weighted by Crippen LogP contribution is -1.98. The van der Waals surface area contributed by atoms with Gasteiger partial charge in [-0.1, -0.05) is 6.92 Å². The molecule has 0 saturated carbocycles. The molecule has 0 unspecified atom stereocenters. The van der Waals surface area contributed by atoms with Crippen LogP contribution >= 0.6 is 0 Å². The molecule has 0 aliphatic carbocycles. The third-order valence-corrected chi connectivity index (χ3v) is 1.31. The lowest BCUT2D eigenvalue weighted by atomic mass is 10.3. The van der Waals surface area contributed by atoms with Crippen molar-refractivity contribution in [2.75, 3.05) is 0 Å². The zero-order valence-corrected chi connectivity index (χ0v) is 5.98. The number of nitrogens with zero attached hydrogens (tertiary/aromatic N) is 2. The molecule has 10 heavy (non-hydrogen) atoms. The lowest BCUT2D eigenvalue weighted by Gasteiger charge is -1.97. The highest BCUT2D eigenvalue weighted by atomic mass is 19.1. The largest absolute Gasteiger partial charge is 0.227 e. The van der Waals surface area contributed by atoms with E-state index < -0.39 is 0 Å². The van der Waals surface area contributed by atoms with Crippen LogP contribution in [0.3, 0.4) is 0 Å². The molecule has 0 aliphatic heterocycles. The maximum Gasteiger partial charge on any atom is 0.198 e. The first-order valence-electron chi connectivity index (χ1n) is 3.14. The van der Waals surface area contributed by atoms with Crippen molar-refractivity contribution < 1.29 is 4.39 Å². The van der Waals surface area contributed by atoms with Gasteiger partial charge in [0.05, 0.1) is 11.4 Å². The Morgan fingerprint density at radius 3 is 2.70 bits per heavy atom. The van der Waals surface area contributed by atoms with Crippen LogP contribution < -0.4 is 0 Å². The van der Waals surface area contributed by atoms with Gasteiger partial charge in [-0.2, -0.15) is 0 Å². The van der Waals surface area contributed by atoms with E-state index in [0.29, 0.717) is 17.8 Å². The van der Waals surface area contributed by atoms with Gasteiger partial charge in [-0.15, -0.1) is 0 Å². The molecular formula is C7H8FN2. The summed E-state index contributed by atoms with van der Waals surface area (Å²) in [4.78, 5) is 7.22. The van der Waals surface area contributed by atoms with E-state index >= 15 is 0 Å². The van der Waals surface area contributed by atoms with Gasteiger partial charge in [0, 0.05) is 0 Å². The third-order valence-electron chi connectivity index (χ3n) is 1.31. The average molecular weight is 139 g/mol. The summed E-state index contributed by atoms with van der Waals surface area (Å²) in [5.74, 6) is -0.304. The minimum Gasteiger partial charge on any atom is -0.227 e. The zero-order chi connectivity index (χ0) is 7.56. The van der Waals surface area contributed by atoms with E-state index in [0.717, 1.165) is 0 Å².